The maximum absolute atomic E-state index is 13.0. The predicted octanol–water partition coefficient (Wildman–Crippen LogP) is 20.4. The molecular weight excluding hydrogens is 1190 g/mol. The summed E-state index contributed by atoms with van der Waals surface area (Å²) in [6.07, 6.45) is 49.0. The molecule has 0 aromatic heterocycles. The fourth-order valence-electron chi connectivity index (χ4n) is 10.7. The molecule has 0 heterocycles. The Kier molecular flexibility index (Phi) is 61.8. The lowest BCUT2D eigenvalue weighted by Gasteiger charge is -2.21. The number of rotatable bonds is 70. The summed E-state index contributed by atoms with van der Waals surface area (Å²) in [6.45, 7) is 9.48. The van der Waals surface area contributed by atoms with Crippen LogP contribution in [-0.4, -0.2) is 96.7 Å². The standard InChI is InChI=1S/C71H138O17P2/c1-7-10-12-14-16-17-18-28-31-35-42-48-54-69(74)82-60-66(87-70(75)55-49-43-36-32-29-26-24-22-20-19-21-23-25-27-30-34-40-46-52-64(6)9-3)61-85-89(77,78)83-57-65(72)58-84-90(79,80)86-62-67(59-81-68(73)53-47-41-33-15-13-11-8-2)88-71(76)56-50-44-38-37-39-45-51-63(4)5/h63-67,72H,7-62H2,1-6H3,(H,77,78)(H,79,80)/t64?,65-,66-,67-/m1/s1. The number of phosphoric ester groups is 2. The quantitative estimate of drug-likeness (QED) is 0.0222. The number of aliphatic hydroxyl groups excluding tert-OH is 1. The topological polar surface area (TPSA) is 237 Å². The van der Waals surface area contributed by atoms with Crippen LogP contribution < -0.4 is 0 Å². The molecule has 0 aliphatic rings. The van der Waals surface area contributed by atoms with Crippen molar-refractivity contribution in [1.29, 1.82) is 0 Å². The molecule has 0 aromatic rings. The van der Waals surface area contributed by atoms with Crippen molar-refractivity contribution in [2.75, 3.05) is 39.6 Å². The van der Waals surface area contributed by atoms with Crippen molar-refractivity contribution in [3.05, 3.63) is 0 Å². The second kappa shape index (κ2) is 63.1. The van der Waals surface area contributed by atoms with E-state index < -0.39 is 97.5 Å². The molecule has 0 spiro atoms. The van der Waals surface area contributed by atoms with Gasteiger partial charge in [0, 0.05) is 25.7 Å². The summed E-state index contributed by atoms with van der Waals surface area (Å²) in [5.74, 6) is -0.592. The summed E-state index contributed by atoms with van der Waals surface area (Å²) in [4.78, 5) is 72.3. The summed E-state index contributed by atoms with van der Waals surface area (Å²) in [5, 5.41) is 10.6. The van der Waals surface area contributed by atoms with E-state index in [2.05, 4.69) is 41.5 Å². The van der Waals surface area contributed by atoms with E-state index in [4.69, 9.17) is 37.0 Å². The van der Waals surface area contributed by atoms with Crippen molar-refractivity contribution in [1.82, 2.24) is 0 Å². The molecule has 0 aliphatic carbocycles. The highest BCUT2D eigenvalue weighted by Gasteiger charge is 2.30. The zero-order valence-electron chi connectivity index (χ0n) is 58.4. The van der Waals surface area contributed by atoms with Gasteiger partial charge in [0.05, 0.1) is 26.4 Å². The van der Waals surface area contributed by atoms with E-state index in [1.807, 2.05) is 0 Å². The van der Waals surface area contributed by atoms with E-state index in [1.165, 1.54) is 167 Å². The van der Waals surface area contributed by atoms with Crippen LogP contribution >= 0.6 is 15.6 Å². The number of aliphatic hydroxyl groups is 1. The van der Waals surface area contributed by atoms with Gasteiger partial charge in [-0.3, -0.25) is 37.3 Å². The first-order valence-corrected chi connectivity index (χ1v) is 40.0. The van der Waals surface area contributed by atoms with Crippen molar-refractivity contribution in [3.8, 4) is 0 Å². The Balaban J connectivity index is 5.11. The molecule has 0 aliphatic heterocycles. The Hall–Kier alpha value is -1.94. The number of carbonyl (C=O) groups is 4. The monoisotopic (exact) mass is 1320 g/mol. The number of ether oxygens (including phenoxy) is 4. The number of unbranched alkanes of at least 4 members (excludes halogenated alkanes) is 39. The van der Waals surface area contributed by atoms with Gasteiger partial charge >= 0.3 is 39.5 Å². The molecule has 90 heavy (non-hydrogen) atoms. The smallest absolute Gasteiger partial charge is 0.462 e. The molecule has 17 nitrogen and oxygen atoms in total. The van der Waals surface area contributed by atoms with E-state index in [0.29, 0.717) is 31.6 Å². The Bertz CT molecular complexity index is 1750. The van der Waals surface area contributed by atoms with Gasteiger partial charge in [-0.1, -0.05) is 311 Å². The minimum atomic E-state index is -4.95. The molecule has 0 radical (unpaired) electrons. The minimum absolute atomic E-state index is 0.102. The Morgan fingerprint density at radius 3 is 0.844 bits per heavy atom. The molecule has 0 rings (SSSR count). The van der Waals surface area contributed by atoms with Crippen LogP contribution in [0.25, 0.3) is 0 Å². The SMILES string of the molecule is CCCCCCCCCCCCCCC(=O)OC[C@H](COP(=O)(O)OC[C@@H](O)COP(=O)(O)OC[C@@H](COC(=O)CCCCCCCCC)OC(=O)CCCCCCCCC(C)C)OC(=O)CCCCCCCCCCCCCCCCCCCCC(C)CC. The van der Waals surface area contributed by atoms with Crippen molar-refractivity contribution in [2.24, 2.45) is 11.8 Å². The molecule has 0 amide bonds. The summed E-state index contributed by atoms with van der Waals surface area (Å²) < 4.78 is 68.1. The normalized spacial score (nSPS) is 14.4. The average Bonchev–Trinajstić information content (AvgIpc) is 3.11. The van der Waals surface area contributed by atoms with Crippen molar-refractivity contribution in [3.63, 3.8) is 0 Å². The van der Waals surface area contributed by atoms with Crippen LogP contribution in [0, 0.1) is 11.8 Å². The third-order valence-electron chi connectivity index (χ3n) is 16.8. The van der Waals surface area contributed by atoms with Crippen LogP contribution in [0.2, 0.25) is 0 Å². The maximum atomic E-state index is 13.0. The van der Waals surface area contributed by atoms with Crippen LogP contribution in [0.1, 0.15) is 363 Å². The second-order valence-corrected chi connectivity index (χ2v) is 29.3. The molecule has 0 saturated carbocycles. The lowest BCUT2D eigenvalue weighted by molar-refractivity contribution is -0.161. The fourth-order valence-corrected chi connectivity index (χ4v) is 12.3. The van der Waals surface area contributed by atoms with Gasteiger partial charge in [-0.05, 0) is 37.5 Å². The molecule has 0 aromatic carbocycles. The van der Waals surface area contributed by atoms with Gasteiger partial charge < -0.3 is 33.8 Å². The first kappa shape index (κ1) is 88.1. The number of hydrogen-bond acceptors (Lipinski definition) is 15. The van der Waals surface area contributed by atoms with Crippen molar-refractivity contribution >= 4 is 39.5 Å². The summed E-state index contributed by atoms with van der Waals surface area (Å²) in [7, 11) is -9.89. The van der Waals surface area contributed by atoms with Gasteiger partial charge in [0.15, 0.2) is 12.2 Å². The van der Waals surface area contributed by atoms with E-state index >= 15 is 0 Å². The van der Waals surface area contributed by atoms with Gasteiger partial charge in [-0.15, -0.1) is 0 Å². The molecule has 19 heteroatoms. The summed E-state index contributed by atoms with van der Waals surface area (Å²) >= 11 is 0. The predicted molar refractivity (Wildman–Crippen MR) is 363 cm³/mol. The second-order valence-electron chi connectivity index (χ2n) is 26.3. The van der Waals surface area contributed by atoms with Crippen molar-refractivity contribution in [2.45, 2.75) is 381 Å². The van der Waals surface area contributed by atoms with Gasteiger partial charge in [-0.2, -0.15) is 0 Å². The molecule has 0 bridgehead atoms. The summed E-state index contributed by atoms with van der Waals surface area (Å²) in [6, 6.07) is 0. The Labute approximate surface area is 549 Å². The maximum Gasteiger partial charge on any atom is 0.472 e. The summed E-state index contributed by atoms with van der Waals surface area (Å²) in [5.41, 5.74) is 0. The molecule has 0 saturated heterocycles. The Morgan fingerprint density at radius 1 is 0.322 bits per heavy atom. The number of esters is 4. The van der Waals surface area contributed by atoms with Gasteiger partial charge in [-0.25, -0.2) is 9.13 Å². The fraction of sp³-hybridized carbons (Fsp3) is 0.944. The highest BCUT2D eigenvalue weighted by atomic mass is 31.2. The van der Waals surface area contributed by atoms with Gasteiger partial charge in [0.1, 0.15) is 19.3 Å². The third-order valence-corrected chi connectivity index (χ3v) is 18.7. The van der Waals surface area contributed by atoms with E-state index in [1.54, 1.807) is 0 Å². The lowest BCUT2D eigenvalue weighted by atomic mass is 9.99. The van der Waals surface area contributed by atoms with E-state index in [-0.39, 0.29) is 25.7 Å². The van der Waals surface area contributed by atoms with E-state index in [0.717, 1.165) is 109 Å². The van der Waals surface area contributed by atoms with E-state index in [9.17, 15) is 43.2 Å². The minimum Gasteiger partial charge on any atom is -0.462 e. The van der Waals surface area contributed by atoms with Crippen LogP contribution in [-0.2, 0) is 65.4 Å². The van der Waals surface area contributed by atoms with Crippen LogP contribution in [0.3, 0.4) is 0 Å². The zero-order valence-corrected chi connectivity index (χ0v) is 60.2. The zero-order chi connectivity index (χ0) is 66.5. The highest BCUT2D eigenvalue weighted by Crippen LogP contribution is 2.45. The Morgan fingerprint density at radius 2 is 0.567 bits per heavy atom. The molecule has 534 valence electrons. The van der Waals surface area contributed by atoms with Crippen LogP contribution in [0.15, 0.2) is 0 Å². The molecule has 3 unspecified atom stereocenters. The molecule has 6 atom stereocenters. The molecule has 3 N–H and O–H groups in total. The van der Waals surface area contributed by atoms with Crippen LogP contribution in [0.4, 0.5) is 0 Å². The first-order chi connectivity index (χ1) is 43.4. The number of hydrogen-bond donors (Lipinski definition) is 3. The van der Waals surface area contributed by atoms with Gasteiger partial charge in [0.25, 0.3) is 0 Å². The number of phosphoric acid groups is 2. The highest BCUT2D eigenvalue weighted by molar-refractivity contribution is 7.47. The number of carbonyl (C=O) groups excluding carboxylic acids is 4. The molecule has 0 fully saturated rings. The third kappa shape index (κ3) is 63.5. The lowest BCUT2D eigenvalue weighted by Crippen LogP contribution is -2.30. The van der Waals surface area contributed by atoms with Crippen LogP contribution in [0.5, 0.6) is 0 Å². The first-order valence-electron chi connectivity index (χ1n) is 37.0. The van der Waals surface area contributed by atoms with Gasteiger partial charge in [0.2, 0.25) is 0 Å². The average molecular weight is 1330 g/mol. The largest absolute Gasteiger partial charge is 0.472 e. The van der Waals surface area contributed by atoms with Crippen molar-refractivity contribution < 1.29 is 80.2 Å². The molecular formula is C71H138O17P2.